The quantitative estimate of drug-likeness (QED) is 0.107. The second-order valence-electron chi connectivity index (χ2n) is 9.29. The highest BCUT2D eigenvalue weighted by molar-refractivity contribution is 9.10. The smallest absolute Gasteiger partial charge is 0.504 e. The van der Waals surface area contributed by atoms with E-state index in [0.717, 1.165) is 56.1 Å². The lowest BCUT2D eigenvalue weighted by atomic mass is 9.89. The Morgan fingerprint density at radius 2 is 1.06 bits per heavy atom. The van der Waals surface area contributed by atoms with Crippen LogP contribution >= 0.6 is 15.9 Å². The SMILES string of the molecule is CCCCCCCc1c(O)c(OC(=O)O)c(Br)c(CCCCCCC)c1CCCCCCC. The molecule has 0 aromatic heterocycles. The average molecular weight is 528 g/mol. The first-order valence-corrected chi connectivity index (χ1v) is 14.2. The van der Waals surface area contributed by atoms with Crippen molar-refractivity contribution in [1.82, 2.24) is 0 Å². The molecule has 190 valence electrons. The molecule has 0 aliphatic heterocycles. The highest BCUT2D eigenvalue weighted by Crippen LogP contribution is 2.45. The summed E-state index contributed by atoms with van der Waals surface area (Å²) in [7, 11) is 0. The van der Waals surface area contributed by atoms with Gasteiger partial charge in [0.15, 0.2) is 11.5 Å². The Kier molecular flexibility index (Phi) is 16.4. The molecule has 0 radical (unpaired) electrons. The number of ether oxygens (including phenoxy) is 1. The zero-order valence-electron chi connectivity index (χ0n) is 21.3. The van der Waals surface area contributed by atoms with Crippen LogP contribution in [0, 0.1) is 0 Å². The molecule has 2 N–H and O–H groups in total. The van der Waals surface area contributed by atoms with Crippen LogP contribution in [-0.2, 0) is 19.3 Å². The van der Waals surface area contributed by atoms with Crippen molar-refractivity contribution in [1.29, 1.82) is 0 Å². The maximum atomic E-state index is 11.4. The van der Waals surface area contributed by atoms with Crippen molar-refractivity contribution in [3.05, 3.63) is 21.2 Å². The van der Waals surface area contributed by atoms with Gasteiger partial charge in [-0.3, -0.25) is 0 Å². The summed E-state index contributed by atoms with van der Waals surface area (Å²) in [6.07, 6.45) is 18.9. The largest absolute Gasteiger partial charge is 0.511 e. The molecule has 1 rings (SSSR count). The van der Waals surface area contributed by atoms with E-state index >= 15 is 0 Å². The number of hydrogen-bond donors (Lipinski definition) is 2. The first kappa shape index (κ1) is 29.8. The van der Waals surface area contributed by atoms with E-state index in [2.05, 4.69) is 36.7 Å². The second-order valence-corrected chi connectivity index (χ2v) is 10.1. The number of rotatable bonds is 19. The van der Waals surface area contributed by atoms with Gasteiger partial charge in [-0.15, -0.1) is 0 Å². The summed E-state index contributed by atoms with van der Waals surface area (Å²) >= 11 is 3.62. The van der Waals surface area contributed by atoms with E-state index in [9.17, 15) is 15.0 Å². The number of carboxylic acid groups (broad SMARTS) is 1. The number of carbonyl (C=O) groups is 1. The molecule has 1 aromatic rings. The summed E-state index contributed by atoms with van der Waals surface area (Å²) in [5, 5.41) is 20.4. The Labute approximate surface area is 210 Å². The Balaban J connectivity index is 3.22. The first-order valence-electron chi connectivity index (χ1n) is 13.4. The lowest BCUT2D eigenvalue weighted by molar-refractivity contribution is 0.142. The first-order chi connectivity index (χ1) is 16.0. The molecule has 0 saturated carbocycles. The highest BCUT2D eigenvalue weighted by Gasteiger charge is 2.24. The molecule has 0 bridgehead atoms. The third-order valence-corrected chi connectivity index (χ3v) is 7.31. The number of aromatic hydroxyl groups is 1. The van der Waals surface area contributed by atoms with Crippen LogP contribution < -0.4 is 4.74 Å². The normalized spacial score (nSPS) is 11.2. The summed E-state index contributed by atoms with van der Waals surface area (Å²) in [6, 6.07) is 0. The Morgan fingerprint density at radius 3 is 1.48 bits per heavy atom. The lowest BCUT2D eigenvalue weighted by Crippen LogP contribution is -2.10. The lowest BCUT2D eigenvalue weighted by Gasteiger charge is -2.21. The van der Waals surface area contributed by atoms with Crippen LogP contribution in [0.5, 0.6) is 11.5 Å². The number of benzene rings is 1. The predicted octanol–water partition coefficient (Wildman–Crippen LogP) is 9.75. The molecule has 5 heteroatoms. The summed E-state index contributed by atoms with van der Waals surface area (Å²) in [4.78, 5) is 11.4. The minimum Gasteiger partial charge on any atom is -0.504 e. The topological polar surface area (TPSA) is 66.8 Å². The molecule has 0 unspecified atom stereocenters. The minimum atomic E-state index is -1.39. The van der Waals surface area contributed by atoms with E-state index < -0.39 is 6.16 Å². The maximum Gasteiger partial charge on any atom is 0.511 e. The van der Waals surface area contributed by atoms with Gasteiger partial charge in [0.25, 0.3) is 0 Å². The number of halogens is 1. The molecule has 0 atom stereocenters. The van der Waals surface area contributed by atoms with Gasteiger partial charge >= 0.3 is 6.16 Å². The molecule has 0 aliphatic carbocycles. The van der Waals surface area contributed by atoms with Gasteiger partial charge in [-0.1, -0.05) is 97.8 Å². The van der Waals surface area contributed by atoms with Crippen molar-refractivity contribution in [3.63, 3.8) is 0 Å². The fourth-order valence-electron chi connectivity index (χ4n) is 4.56. The highest BCUT2D eigenvalue weighted by atomic mass is 79.9. The van der Waals surface area contributed by atoms with Gasteiger partial charge in [0, 0.05) is 5.56 Å². The zero-order chi connectivity index (χ0) is 24.5. The Bertz CT molecular complexity index is 646. The Hall–Kier alpha value is -1.23. The third-order valence-electron chi connectivity index (χ3n) is 6.47. The fourth-order valence-corrected chi connectivity index (χ4v) is 5.27. The van der Waals surface area contributed by atoms with Gasteiger partial charge in [0.1, 0.15) is 0 Å². The molecular weight excluding hydrogens is 480 g/mol. The van der Waals surface area contributed by atoms with Crippen LogP contribution in [0.25, 0.3) is 0 Å². The van der Waals surface area contributed by atoms with E-state index in [-0.39, 0.29) is 11.5 Å². The molecule has 0 saturated heterocycles. The van der Waals surface area contributed by atoms with E-state index in [1.54, 1.807) is 0 Å². The van der Waals surface area contributed by atoms with Crippen molar-refractivity contribution >= 4 is 22.1 Å². The van der Waals surface area contributed by atoms with Gasteiger partial charge in [-0.2, -0.15) is 0 Å². The van der Waals surface area contributed by atoms with Crippen LogP contribution in [0.2, 0.25) is 0 Å². The van der Waals surface area contributed by atoms with Crippen LogP contribution in [0.4, 0.5) is 4.79 Å². The number of unbranched alkanes of at least 4 members (excludes halogenated alkanes) is 12. The van der Waals surface area contributed by atoms with Crippen molar-refractivity contribution < 1.29 is 19.7 Å². The monoisotopic (exact) mass is 526 g/mol. The molecular formula is C28H47BrO4. The average Bonchev–Trinajstić information content (AvgIpc) is 2.79. The van der Waals surface area contributed by atoms with E-state index in [0.29, 0.717) is 4.47 Å². The van der Waals surface area contributed by atoms with Crippen molar-refractivity contribution in [2.24, 2.45) is 0 Å². The van der Waals surface area contributed by atoms with Crippen LogP contribution in [-0.4, -0.2) is 16.4 Å². The van der Waals surface area contributed by atoms with Gasteiger partial charge < -0.3 is 14.9 Å². The third kappa shape index (κ3) is 11.2. The fraction of sp³-hybridized carbons (Fsp3) is 0.750. The number of phenols is 1. The van der Waals surface area contributed by atoms with E-state index in [1.165, 1.54) is 76.2 Å². The standard InChI is InChI=1S/C28H47BrO4/c1-4-7-10-13-16-19-22-23(20-17-14-11-8-5-2)25(29)27(33-28(31)32)26(30)24(22)21-18-15-12-9-6-3/h30H,4-21H2,1-3H3,(H,31,32). The summed E-state index contributed by atoms with van der Waals surface area (Å²) in [6.45, 7) is 6.65. The van der Waals surface area contributed by atoms with Crippen LogP contribution in [0.3, 0.4) is 0 Å². The molecule has 0 aliphatic rings. The number of phenolic OH excluding ortho intramolecular Hbond substituents is 1. The van der Waals surface area contributed by atoms with Crippen molar-refractivity contribution in [2.45, 2.75) is 136 Å². The molecule has 0 heterocycles. The molecule has 1 aromatic carbocycles. The molecule has 0 spiro atoms. The minimum absolute atomic E-state index is 0.0121. The maximum absolute atomic E-state index is 11.4. The summed E-state index contributed by atoms with van der Waals surface area (Å²) in [5.41, 5.74) is 3.27. The molecule has 33 heavy (non-hydrogen) atoms. The van der Waals surface area contributed by atoms with Gasteiger partial charge in [-0.05, 0) is 65.6 Å². The van der Waals surface area contributed by atoms with Gasteiger partial charge in [0.2, 0.25) is 0 Å². The summed E-state index contributed by atoms with van der Waals surface area (Å²) < 4.78 is 5.70. The zero-order valence-corrected chi connectivity index (χ0v) is 22.9. The van der Waals surface area contributed by atoms with Gasteiger partial charge in [-0.25, -0.2) is 4.79 Å². The second kappa shape index (κ2) is 18.1. The van der Waals surface area contributed by atoms with Gasteiger partial charge in [0.05, 0.1) is 4.47 Å². The van der Waals surface area contributed by atoms with E-state index in [1.807, 2.05) is 0 Å². The van der Waals surface area contributed by atoms with Crippen molar-refractivity contribution in [2.75, 3.05) is 0 Å². The summed E-state index contributed by atoms with van der Waals surface area (Å²) in [5.74, 6) is 0.0856. The predicted molar refractivity (Wildman–Crippen MR) is 142 cm³/mol. The molecule has 0 amide bonds. The Morgan fingerprint density at radius 1 is 0.667 bits per heavy atom. The van der Waals surface area contributed by atoms with Crippen molar-refractivity contribution in [3.8, 4) is 11.5 Å². The molecule has 4 nitrogen and oxygen atoms in total. The van der Waals surface area contributed by atoms with Crippen LogP contribution in [0.1, 0.15) is 134 Å². The number of hydrogen-bond acceptors (Lipinski definition) is 3. The van der Waals surface area contributed by atoms with Crippen LogP contribution in [0.15, 0.2) is 4.47 Å². The molecule has 0 fully saturated rings. The van der Waals surface area contributed by atoms with E-state index in [4.69, 9.17) is 4.74 Å².